The monoisotopic (exact) mass is 516 g/mol. The molecule has 0 spiro atoms. The molecule has 0 aromatic heterocycles. The minimum atomic E-state index is -1.18. The van der Waals surface area contributed by atoms with Crippen LogP contribution in [0.15, 0.2) is 102 Å². The summed E-state index contributed by atoms with van der Waals surface area (Å²) < 4.78 is 0. The lowest BCUT2D eigenvalue weighted by Crippen LogP contribution is -2.56. The van der Waals surface area contributed by atoms with Crippen molar-refractivity contribution in [3.8, 4) is 0 Å². The van der Waals surface area contributed by atoms with E-state index in [-0.39, 0.29) is 35.2 Å². The zero-order chi connectivity index (χ0) is 25.2. The molecule has 0 aliphatic carbocycles. The molecule has 2 amide bonds. The van der Waals surface area contributed by atoms with Crippen molar-refractivity contribution in [2.24, 2.45) is 0 Å². The van der Waals surface area contributed by atoms with E-state index in [4.69, 9.17) is 0 Å². The van der Waals surface area contributed by atoms with E-state index in [1.807, 2.05) is 84.9 Å². The predicted molar refractivity (Wildman–Crippen MR) is 142 cm³/mol. The van der Waals surface area contributed by atoms with Gasteiger partial charge in [-0.3, -0.25) is 14.5 Å². The minimum Gasteiger partial charge on any atom is -0.477 e. The third-order valence-corrected chi connectivity index (χ3v) is 7.96. The zero-order valence-electron chi connectivity index (χ0n) is 19.2. The lowest BCUT2D eigenvalue weighted by atomic mass is 9.76. The fourth-order valence-electron chi connectivity index (χ4n) is 4.81. The first kappa shape index (κ1) is 24.2. The van der Waals surface area contributed by atoms with E-state index in [0.717, 1.165) is 21.6 Å². The quantitative estimate of drug-likeness (QED) is 0.316. The summed E-state index contributed by atoms with van der Waals surface area (Å²) in [6.45, 7) is 0. The number of carbonyl (C=O) groups is 3. The number of hydrogen-bond acceptors (Lipinski definition) is 5. The van der Waals surface area contributed by atoms with E-state index < -0.39 is 17.3 Å². The molecular formula is C28H24N2O4S2. The number of carboxylic acid groups (broad SMARTS) is 1. The Balaban J connectivity index is 1.55. The number of benzene rings is 3. The van der Waals surface area contributed by atoms with Gasteiger partial charge in [-0.1, -0.05) is 72.8 Å². The van der Waals surface area contributed by atoms with E-state index in [1.165, 1.54) is 22.7 Å². The first-order chi connectivity index (χ1) is 17.4. The summed E-state index contributed by atoms with van der Waals surface area (Å²) in [5, 5.41) is 11.8. The summed E-state index contributed by atoms with van der Waals surface area (Å²) in [6, 6.07) is 27.3. The fourth-order valence-corrected chi connectivity index (χ4v) is 6.37. The Labute approximate surface area is 218 Å². The largest absolute Gasteiger partial charge is 0.477 e. The third-order valence-electron chi connectivity index (χ3n) is 6.44. The maximum Gasteiger partial charge on any atom is 0.352 e. The molecule has 36 heavy (non-hydrogen) atoms. The molecular weight excluding hydrogens is 492 g/mol. The third kappa shape index (κ3) is 4.79. The Morgan fingerprint density at radius 1 is 0.944 bits per heavy atom. The molecule has 1 saturated heterocycles. The first-order valence-corrected chi connectivity index (χ1v) is 12.9. The molecule has 2 aliphatic heterocycles. The maximum absolute atomic E-state index is 14.1. The smallest absolute Gasteiger partial charge is 0.352 e. The van der Waals surface area contributed by atoms with Crippen LogP contribution < -0.4 is 5.32 Å². The highest BCUT2D eigenvalue weighted by Crippen LogP contribution is 2.42. The van der Waals surface area contributed by atoms with E-state index in [9.17, 15) is 19.5 Å². The van der Waals surface area contributed by atoms with Crippen molar-refractivity contribution in [1.29, 1.82) is 0 Å². The van der Waals surface area contributed by atoms with Crippen LogP contribution in [0.25, 0.3) is 0 Å². The molecule has 2 N–H and O–H groups in total. The van der Waals surface area contributed by atoms with E-state index >= 15 is 0 Å². The van der Waals surface area contributed by atoms with Gasteiger partial charge < -0.3 is 10.4 Å². The van der Waals surface area contributed by atoms with Crippen molar-refractivity contribution in [2.45, 2.75) is 33.9 Å². The highest BCUT2D eigenvalue weighted by Gasteiger charge is 2.46. The van der Waals surface area contributed by atoms with Crippen molar-refractivity contribution >= 4 is 42.2 Å². The summed E-state index contributed by atoms with van der Waals surface area (Å²) in [6.07, 6.45) is 1.70. The van der Waals surface area contributed by atoms with Crippen LogP contribution in [0, 0.1) is 0 Å². The van der Waals surface area contributed by atoms with Crippen molar-refractivity contribution in [3.05, 3.63) is 113 Å². The Kier molecular flexibility index (Phi) is 6.89. The average molecular weight is 517 g/mol. The van der Waals surface area contributed by atoms with Crippen LogP contribution in [0.1, 0.15) is 34.9 Å². The number of aliphatic carboxylic acids is 1. The van der Waals surface area contributed by atoms with Gasteiger partial charge in [-0.15, -0.1) is 24.4 Å². The fraction of sp³-hybridized carbons (Fsp3) is 0.179. The molecule has 182 valence electrons. The van der Waals surface area contributed by atoms with Gasteiger partial charge in [-0.2, -0.15) is 0 Å². The van der Waals surface area contributed by atoms with E-state index in [1.54, 1.807) is 0 Å². The van der Waals surface area contributed by atoms with Gasteiger partial charge in [0.25, 0.3) is 0 Å². The van der Waals surface area contributed by atoms with Crippen molar-refractivity contribution in [2.75, 3.05) is 0 Å². The second-order valence-electron chi connectivity index (χ2n) is 8.72. The molecule has 2 aliphatic rings. The lowest BCUT2D eigenvalue weighted by molar-refractivity contribution is -0.146. The number of hydrogen-bond donors (Lipinski definition) is 3. The Morgan fingerprint density at radius 3 is 2.11 bits per heavy atom. The predicted octanol–water partition coefficient (Wildman–Crippen LogP) is 4.61. The molecule has 6 nitrogen and oxygen atoms in total. The number of nitrogens with one attached hydrogen (secondary N) is 1. The summed E-state index contributed by atoms with van der Waals surface area (Å²) >= 11 is 5.89. The van der Waals surface area contributed by atoms with Gasteiger partial charge in [0.05, 0.1) is 23.1 Å². The molecule has 2 heterocycles. The van der Waals surface area contributed by atoms with Gasteiger partial charge in [-0.05, 0) is 34.9 Å². The molecule has 5 rings (SSSR count). The number of rotatable bonds is 7. The topological polar surface area (TPSA) is 86.7 Å². The van der Waals surface area contributed by atoms with Crippen LogP contribution in [0.4, 0.5) is 0 Å². The molecule has 3 aromatic carbocycles. The number of amides is 2. The van der Waals surface area contributed by atoms with E-state index in [2.05, 4.69) is 17.9 Å². The van der Waals surface area contributed by atoms with Gasteiger partial charge in [0.15, 0.2) is 0 Å². The Bertz CT molecular complexity index is 1290. The molecule has 1 fully saturated rings. The lowest BCUT2D eigenvalue weighted by Gasteiger charge is -2.44. The second kappa shape index (κ2) is 10.2. The molecule has 3 aromatic rings. The van der Waals surface area contributed by atoms with Gasteiger partial charge in [0, 0.05) is 10.8 Å². The summed E-state index contributed by atoms with van der Waals surface area (Å²) in [5.41, 5.74) is 2.70. The number of nitrogens with zero attached hydrogens (tertiary/aromatic N) is 1. The standard InChI is InChI=1S/C28H24N2O4S2/c31-23-16-24-30(23)21(28(33)34)15-22(36-24)29-27(32)26(19-12-7-13-20(35)14-19)25(17-8-3-1-4-9-17)18-10-5-2-6-11-18/h1-15,22,24-26,35H,16H2,(H,29,32)(H,33,34)/t22?,24-,26?/m1/s1. The van der Waals surface area contributed by atoms with Crippen molar-refractivity contribution < 1.29 is 19.5 Å². The summed E-state index contributed by atoms with van der Waals surface area (Å²) in [5.74, 6) is -2.53. The number of β-lactam (4-membered cyclic amide) rings is 1. The van der Waals surface area contributed by atoms with Crippen LogP contribution in [0.5, 0.6) is 0 Å². The van der Waals surface area contributed by atoms with Crippen molar-refractivity contribution in [3.63, 3.8) is 0 Å². The number of carboxylic acids is 1. The van der Waals surface area contributed by atoms with Crippen LogP contribution >= 0.6 is 24.4 Å². The molecule has 0 saturated carbocycles. The van der Waals surface area contributed by atoms with E-state index in [0.29, 0.717) is 0 Å². The Hall–Kier alpha value is -3.49. The highest BCUT2D eigenvalue weighted by atomic mass is 32.2. The summed E-state index contributed by atoms with van der Waals surface area (Å²) in [7, 11) is 0. The number of thioether (sulfide) groups is 1. The van der Waals surface area contributed by atoms with Crippen LogP contribution in [0.3, 0.4) is 0 Å². The SMILES string of the molecule is O=C(O)C1=CC(NC(=O)C(c2cccc(S)c2)C(c2ccccc2)c2ccccc2)S[C@@H]2CC(=O)N12. The molecule has 2 unspecified atom stereocenters. The van der Waals surface area contributed by atoms with Gasteiger partial charge in [0.2, 0.25) is 11.8 Å². The van der Waals surface area contributed by atoms with Crippen LogP contribution in [0.2, 0.25) is 0 Å². The molecule has 3 atom stereocenters. The molecule has 0 radical (unpaired) electrons. The zero-order valence-corrected chi connectivity index (χ0v) is 20.9. The average Bonchev–Trinajstić information content (AvgIpc) is 2.87. The Morgan fingerprint density at radius 2 is 1.56 bits per heavy atom. The second-order valence-corrected chi connectivity index (χ2v) is 10.6. The number of thiol groups is 1. The maximum atomic E-state index is 14.1. The van der Waals surface area contributed by atoms with Crippen LogP contribution in [-0.2, 0) is 14.4 Å². The summed E-state index contributed by atoms with van der Waals surface area (Å²) in [4.78, 5) is 39.8. The van der Waals surface area contributed by atoms with Gasteiger partial charge >= 0.3 is 5.97 Å². The van der Waals surface area contributed by atoms with Gasteiger partial charge in [0.1, 0.15) is 5.70 Å². The number of carbonyl (C=O) groups excluding carboxylic acids is 2. The first-order valence-electron chi connectivity index (χ1n) is 11.5. The molecule has 8 heteroatoms. The molecule has 0 bridgehead atoms. The number of fused-ring (bicyclic) bond motifs is 1. The van der Waals surface area contributed by atoms with Crippen molar-refractivity contribution in [1.82, 2.24) is 10.2 Å². The van der Waals surface area contributed by atoms with Gasteiger partial charge in [-0.25, -0.2) is 4.79 Å². The minimum absolute atomic E-state index is 0.0862. The highest BCUT2D eigenvalue weighted by molar-refractivity contribution is 8.00. The normalized spacial score (nSPS) is 19.7. The van der Waals surface area contributed by atoms with Crippen LogP contribution in [-0.4, -0.2) is 38.5 Å².